The van der Waals surface area contributed by atoms with Gasteiger partial charge >= 0.3 is 0 Å². The molecule has 2 rings (SSSR count). The quantitative estimate of drug-likeness (QED) is 0.387. The Hall–Kier alpha value is -1.14. The lowest BCUT2D eigenvalue weighted by atomic mass is 9.96. The predicted octanol–water partition coefficient (Wildman–Crippen LogP) is 2.55. The molecule has 1 atom stereocenters. The first-order valence-corrected chi connectivity index (χ1v) is 7.03. The number of piperidine rings is 1. The van der Waals surface area contributed by atoms with Crippen LogP contribution in [0.4, 0.5) is 4.39 Å². The molecular weight excluding hydrogens is 313 g/mol. The summed E-state index contributed by atoms with van der Waals surface area (Å²) < 4.78 is 14.6. The van der Waals surface area contributed by atoms with E-state index < -0.39 is 0 Å². The second kappa shape index (κ2) is 6.34. The molecule has 1 aliphatic heterocycles. The van der Waals surface area contributed by atoms with E-state index in [4.69, 9.17) is 10.9 Å². The largest absolute Gasteiger partial charge is 0.409 e. The molecule has 0 aliphatic carbocycles. The smallest absolute Gasteiger partial charge is 0.143 e. The van der Waals surface area contributed by atoms with Crippen LogP contribution in [0.25, 0.3) is 0 Å². The number of nitrogens with two attached hydrogens (primary N) is 1. The molecule has 1 aliphatic rings. The zero-order chi connectivity index (χ0) is 13.8. The molecule has 1 aromatic rings. The third kappa shape index (κ3) is 3.67. The van der Waals surface area contributed by atoms with E-state index in [1.807, 2.05) is 0 Å². The van der Waals surface area contributed by atoms with Gasteiger partial charge in [0.15, 0.2) is 0 Å². The van der Waals surface area contributed by atoms with Crippen molar-refractivity contribution in [2.24, 2.45) is 16.8 Å². The molecule has 0 amide bonds. The molecule has 1 unspecified atom stereocenters. The van der Waals surface area contributed by atoms with Gasteiger partial charge in [-0.25, -0.2) is 4.39 Å². The Morgan fingerprint density at radius 3 is 3.11 bits per heavy atom. The number of hydrogen-bond donors (Lipinski definition) is 2. The van der Waals surface area contributed by atoms with Gasteiger partial charge in [0, 0.05) is 29.0 Å². The van der Waals surface area contributed by atoms with Gasteiger partial charge in [-0.15, -0.1) is 0 Å². The summed E-state index contributed by atoms with van der Waals surface area (Å²) in [6.45, 7) is 2.14. The predicted molar refractivity (Wildman–Crippen MR) is 75.5 cm³/mol. The van der Waals surface area contributed by atoms with Crippen molar-refractivity contribution in [1.29, 1.82) is 0 Å². The van der Waals surface area contributed by atoms with Crippen LogP contribution in [0, 0.1) is 11.7 Å². The molecule has 104 valence electrons. The minimum absolute atomic E-state index is 0.0500. The minimum atomic E-state index is -0.200. The lowest BCUT2D eigenvalue weighted by Crippen LogP contribution is -2.40. The van der Waals surface area contributed by atoms with Crippen LogP contribution in [0.15, 0.2) is 27.8 Å². The highest BCUT2D eigenvalue weighted by Gasteiger charge is 2.23. The molecule has 0 bridgehead atoms. The van der Waals surface area contributed by atoms with E-state index in [-0.39, 0.29) is 17.6 Å². The van der Waals surface area contributed by atoms with Crippen LogP contribution < -0.4 is 5.73 Å². The van der Waals surface area contributed by atoms with Gasteiger partial charge in [0.25, 0.3) is 0 Å². The van der Waals surface area contributed by atoms with Crippen LogP contribution in [0.1, 0.15) is 18.4 Å². The second-order valence-electron chi connectivity index (χ2n) is 4.83. The fraction of sp³-hybridized carbons (Fsp3) is 0.462. The lowest BCUT2D eigenvalue weighted by molar-refractivity contribution is 0.191. The molecule has 1 fully saturated rings. The number of benzene rings is 1. The molecule has 0 saturated carbocycles. The first-order valence-electron chi connectivity index (χ1n) is 6.24. The van der Waals surface area contributed by atoms with Gasteiger partial charge in [-0.3, -0.25) is 4.90 Å². The summed E-state index contributed by atoms with van der Waals surface area (Å²) in [6, 6.07) is 4.95. The van der Waals surface area contributed by atoms with Crippen molar-refractivity contribution in [2.45, 2.75) is 19.4 Å². The molecule has 1 saturated heterocycles. The standard InChI is InChI=1S/C13H17BrFN3O/c14-11-3-4-12(15)10(6-11)8-18-5-1-2-9(7-18)13(16)17-19/h3-4,6,9,19H,1-2,5,7-8H2,(H2,16,17). The Kier molecular flexibility index (Phi) is 4.76. The third-order valence-corrected chi connectivity index (χ3v) is 3.93. The average Bonchev–Trinajstić information content (AvgIpc) is 2.42. The maximum atomic E-state index is 13.7. The molecule has 4 nitrogen and oxygen atoms in total. The van der Waals surface area contributed by atoms with E-state index in [9.17, 15) is 4.39 Å². The molecule has 3 N–H and O–H groups in total. The van der Waals surface area contributed by atoms with Gasteiger partial charge in [0.2, 0.25) is 0 Å². The van der Waals surface area contributed by atoms with E-state index in [1.54, 1.807) is 12.1 Å². The topological polar surface area (TPSA) is 61.9 Å². The van der Waals surface area contributed by atoms with E-state index in [0.717, 1.165) is 23.9 Å². The number of oxime groups is 1. The Morgan fingerprint density at radius 1 is 1.58 bits per heavy atom. The van der Waals surface area contributed by atoms with Crippen molar-refractivity contribution in [3.8, 4) is 0 Å². The van der Waals surface area contributed by atoms with Crippen LogP contribution >= 0.6 is 15.9 Å². The SMILES string of the molecule is NC(=NO)C1CCCN(Cc2cc(Br)ccc2F)C1. The second-order valence-corrected chi connectivity index (χ2v) is 5.75. The summed E-state index contributed by atoms with van der Waals surface area (Å²) in [4.78, 5) is 2.14. The molecule has 6 heteroatoms. The normalized spacial score (nSPS) is 21.6. The number of nitrogens with zero attached hydrogens (tertiary/aromatic N) is 2. The van der Waals surface area contributed by atoms with Crippen molar-refractivity contribution in [3.63, 3.8) is 0 Å². The van der Waals surface area contributed by atoms with Crippen LogP contribution in [0.5, 0.6) is 0 Å². The molecule has 0 radical (unpaired) electrons. The first-order chi connectivity index (χ1) is 9.10. The zero-order valence-corrected chi connectivity index (χ0v) is 12.1. The molecule has 19 heavy (non-hydrogen) atoms. The zero-order valence-electron chi connectivity index (χ0n) is 10.5. The van der Waals surface area contributed by atoms with Gasteiger partial charge in [-0.1, -0.05) is 21.1 Å². The van der Waals surface area contributed by atoms with Crippen molar-refractivity contribution >= 4 is 21.8 Å². The highest BCUT2D eigenvalue weighted by molar-refractivity contribution is 9.10. The molecule has 0 aromatic heterocycles. The fourth-order valence-corrected chi connectivity index (χ4v) is 2.84. The number of hydrogen-bond acceptors (Lipinski definition) is 3. The van der Waals surface area contributed by atoms with E-state index >= 15 is 0 Å². The van der Waals surface area contributed by atoms with Gasteiger partial charge in [0.05, 0.1) is 0 Å². The molecule has 0 spiro atoms. The van der Waals surface area contributed by atoms with Gasteiger partial charge in [-0.2, -0.15) is 0 Å². The highest BCUT2D eigenvalue weighted by Crippen LogP contribution is 2.21. The van der Waals surface area contributed by atoms with Gasteiger partial charge in [-0.05, 0) is 37.6 Å². The van der Waals surface area contributed by atoms with E-state index in [0.29, 0.717) is 18.7 Å². The summed E-state index contributed by atoms with van der Waals surface area (Å²) in [5.41, 5.74) is 6.31. The van der Waals surface area contributed by atoms with E-state index in [1.165, 1.54) is 6.07 Å². The van der Waals surface area contributed by atoms with Crippen LogP contribution in [0.3, 0.4) is 0 Å². The van der Waals surface area contributed by atoms with Crippen LogP contribution in [-0.2, 0) is 6.54 Å². The van der Waals surface area contributed by atoms with E-state index in [2.05, 4.69) is 26.0 Å². The third-order valence-electron chi connectivity index (χ3n) is 3.44. The minimum Gasteiger partial charge on any atom is -0.409 e. The Bertz CT molecular complexity index is 481. The molecular formula is C13H17BrFN3O. The number of halogens is 2. The lowest BCUT2D eigenvalue weighted by Gasteiger charge is -2.32. The molecule has 1 heterocycles. The number of rotatable bonds is 3. The van der Waals surface area contributed by atoms with Crippen molar-refractivity contribution in [1.82, 2.24) is 4.90 Å². The Morgan fingerprint density at radius 2 is 2.37 bits per heavy atom. The van der Waals surface area contributed by atoms with Crippen molar-refractivity contribution in [2.75, 3.05) is 13.1 Å². The Balaban J connectivity index is 2.04. The average molecular weight is 330 g/mol. The summed E-state index contributed by atoms with van der Waals surface area (Å²) >= 11 is 3.35. The number of amidine groups is 1. The molecule has 1 aromatic carbocycles. The maximum absolute atomic E-state index is 13.7. The monoisotopic (exact) mass is 329 g/mol. The Labute approximate surface area is 120 Å². The number of likely N-dealkylation sites (tertiary alicyclic amines) is 1. The van der Waals surface area contributed by atoms with Crippen molar-refractivity contribution in [3.05, 3.63) is 34.1 Å². The summed E-state index contributed by atoms with van der Waals surface area (Å²) in [5, 5.41) is 11.8. The summed E-state index contributed by atoms with van der Waals surface area (Å²) in [6.07, 6.45) is 1.88. The van der Waals surface area contributed by atoms with Crippen molar-refractivity contribution < 1.29 is 9.60 Å². The van der Waals surface area contributed by atoms with Crippen LogP contribution in [0.2, 0.25) is 0 Å². The highest BCUT2D eigenvalue weighted by atomic mass is 79.9. The summed E-state index contributed by atoms with van der Waals surface area (Å²) in [5.74, 6) is 0.113. The van der Waals surface area contributed by atoms with Crippen LogP contribution in [-0.4, -0.2) is 29.0 Å². The summed E-state index contributed by atoms with van der Waals surface area (Å²) in [7, 11) is 0. The first kappa shape index (κ1) is 14.3. The maximum Gasteiger partial charge on any atom is 0.143 e. The van der Waals surface area contributed by atoms with Gasteiger partial charge in [0.1, 0.15) is 11.7 Å². The van der Waals surface area contributed by atoms with Gasteiger partial charge < -0.3 is 10.9 Å². The fourth-order valence-electron chi connectivity index (χ4n) is 2.43.